The molecule has 0 spiro atoms. The maximum Gasteiger partial charge on any atom is 0.246 e. The largest absolute Gasteiger partial charge is 0.344 e. The van der Waals surface area contributed by atoms with Crippen LogP contribution in [0.3, 0.4) is 0 Å². The topological polar surface area (TPSA) is 49.4 Å². The quantitative estimate of drug-likeness (QED) is 0.780. The molecule has 0 aliphatic carbocycles. The van der Waals surface area contributed by atoms with E-state index in [0.717, 1.165) is 31.7 Å². The minimum Gasteiger partial charge on any atom is -0.344 e. The smallest absolute Gasteiger partial charge is 0.246 e. The monoisotopic (exact) mass is 244 g/mol. The van der Waals surface area contributed by atoms with Crippen molar-refractivity contribution in [3.63, 3.8) is 0 Å². The molecule has 0 saturated carbocycles. The molecule has 1 aliphatic heterocycles. The molecule has 1 rings (SSSR count). The van der Waals surface area contributed by atoms with E-state index in [1.807, 2.05) is 4.90 Å². The molecule has 1 aliphatic rings. The van der Waals surface area contributed by atoms with Gasteiger partial charge in [-0.2, -0.15) is 11.8 Å². The van der Waals surface area contributed by atoms with Crippen LogP contribution in [0.25, 0.3) is 0 Å². The first-order valence-corrected chi connectivity index (χ1v) is 6.94. The summed E-state index contributed by atoms with van der Waals surface area (Å²) in [4.78, 5) is 25.0. The van der Waals surface area contributed by atoms with Crippen LogP contribution >= 0.6 is 11.8 Å². The molecule has 1 fully saturated rings. The number of amides is 2. The lowest BCUT2D eigenvalue weighted by Gasteiger charge is -2.23. The van der Waals surface area contributed by atoms with Gasteiger partial charge in [-0.3, -0.25) is 9.59 Å². The van der Waals surface area contributed by atoms with Gasteiger partial charge in [0.25, 0.3) is 0 Å². The van der Waals surface area contributed by atoms with Crippen molar-refractivity contribution in [2.75, 3.05) is 24.6 Å². The second-order valence-electron chi connectivity index (χ2n) is 3.94. The van der Waals surface area contributed by atoms with Crippen molar-refractivity contribution in [1.82, 2.24) is 10.2 Å². The van der Waals surface area contributed by atoms with Gasteiger partial charge in [0.2, 0.25) is 11.8 Å². The highest BCUT2D eigenvalue weighted by Gasteiger charge is 2.26. The highest BCUT2D eigenvalue weighted by atomic mass is 32.2. The second kappa shape index (κ2) is 6.78. The average Bonchev–Trinajstić information content (AvgIpc) is 2.76. The molecule has 92 valence electrons. The van der Waals surface area contributed by atoms with Gasteiger partial charge in [0.1, 0.15) is 6.04 Å². The molecule has 1 unspecified atom stereocenters. The number of likely N-dealkylation sites (tertiary alicyclic amines) is 1. The van der Waals surface area contributed by atoms with Crippen molar-refractivity contribution >= 4 is 23.6 Å². The summed E-state index contributed by atoms with van der Waals surface area (Å²) in [6, 6.07) is -0.347. The van der Waals surface area contributed by atoms with Crippen LogP contribution in [0.2, 0.25) is 0 Å². The van der Waals surface area contributed by atoms with Crippen LogP contribution in [-0.4, -0.2) is 47.4 Å². The summed E-state index contributed by atoms with van der Waals surface area (Å²) in [6.07, 6.45) is 2.17. The summed E-state index contributed by atoms with van der Waals surface area (Å²) >= 11 is 1.68. The minimum absolute atomic E-state index is 0.0775. The molecular formula is C11H20N2O2S. The number of nitrogens with one attached hydrogen (secondary N) is 1. The maximum atomic E-state index is 12.1. The van der Waals surface area contributed by atoms with Gasteiger partial charge in [-0.15, -0.1) is 0 Å². The molecule has 0 radical (unpaired) electrons. The van der Waals surface area contributed by atoms with Gasteiger partial charge in [0.05, 0.1) is 0 Å². The standard InChI is InChI=1S/C11H20N2O2S/c1-3-16-8-10(12-9(2)14)11(15)13-6-4-5-7-13/h10H,3-8H2,1-2H3,(H,12,14). The van der Waals surface area contributed by atoms with Crippen molar-refractivity contribution in [2.45, 2.75) is 32.7 Å². The van der Waals surface area contributed by atoms with E-state index in [-0.39, 0.29) is 17.9 Å². The Bertz CT molecular complexity index is 252. The number of rotatable bonds is 5. The number of nitrogens with zero attached hydrogens (tertiary/aromatic N) is 1. The fourth-order valence-electron chi connectivity index (χ4n) is 1.81. The fourth-order valence-corrected chi connectivity index (χ4v) is 2.51. The molecule has 4 nitrogen and oxygen atoms in total. The third-order valence-electron chi connectivity index (χ3n) is 2.58. The van der Waals surface area contributed by atoms with Crippen molar-refractivity contribution in [2.24, 2.45) is 0 Å². The molecule has 0 aromatic heterocycles. The predicted octanol–water partition coefficient (Wildman–Crippen LogP) is 0.867. The van der Waals surface area contributed by atoms with E-state index in [1.165, 1.54) is 6.92 Å². The molecule has 0 aromatic carbocycles. The van der Waals surface area contributed by atoms with Crippen LogP contribution in [0.1, 0.15) is 26.7 Å². The Balaban J connectivity index is 2.51. The summed E-state index contributed by atoms with van der Waals surface area (Å²) in [7, 11) is 0. The highest BCUT2D eigenvalue weighted by molar-refractivity contribution is 7.99. The van der Waals surface area contributed by atoms with Gasteiger partial charge >= 0.3 is 0 Å². The molecule has 1 N–H and O–H groups in total. The Kier molecular flexibility index (Phi) is 5.66. The van der Waals surface area contributed by atoms with E-state index >= 15 is 0 Å². The van der Waals surface area contributed by atoms with Crippen molar-refractivity contribution in [1.29, 1.82) is 0 Å². The van der Waals surface area contributed by atoms with E-state index in [4.69, 9.17) is 0 Å². The van der Waals surface area contributed by atoms with E-state index in [0.29, 0.717) is 5.75 Å². The third kappa shape index (κ3) is 4.04. The predicted molar refractivity (Wildman–Crippen MR) is 66.4 cm³/mol. The third-order valence-corrected chi connectivity index (χ3v) is 3.56. The van der Waals surface area contributed by atoms with Gasteiger partial charge in [-0.25, -0.2) is 0 Å². The molecule has 1 heterocycles. The maximum absolute atomic E-state index is 12.1. The summed E-state index contributed by atoms with van der Waals surface area (Å²) in [5.74, 6) is 1.58. The molecule has 5 heteroatoms. The first-order valence-electron chi connectivity index (χ1n) is 5.78. The number of hydrogen-bond acceptors (Lipinski definition) is 3. The van der Waals surface area contributed by atoms with Crippen molar-refractivity contribution in [3.8, 4) is 0 Å². The first kappa shape index (κ1) is 13.4. The normalized spacial score (nSPS) is 17.2. The second-order valence-corrected chi connectivity index (χ2v) is 5.26. The SMILES string of the molecule is CCSCC(NC(C)=O)C(=O)N1CCCC1. The summed E-state index contributed by atoms with van der Waals surface area (Å²) < 4.78 is 0. The summed E-state index contributed by atoms with van der Waals surface area (Å²) in [5, 5.41) is 2.74. The number of carbonyl (C=O) groups is 2. The average molecular weight is 244 g/mol. The van der Waals surface area contributed by atoms with Crippen LogP contribution in [-0.2, 0) is 9.59 Å². The Morgan fingerprint density at radius 2 is 2.00 bits per heavy atom. The molecule has 16 heavy (non-hydrogen) atoms. The van der Waals surface area contributed by atoms with Gasteiger partial charge in [0, 0.05) is 25.8 Å². The van der Waals surface area contributed by atoms with Crippen LogP contribution < -0.4 is 5.32 Å². The lowest BCUT2D eigenvalue weighted by molar-refractivity contribution is -0.134. The lowest BCUT2D eigenvalue weighted by Crippen LogP contribution is -2.48. The number of thioether (sulfide) groups is 1. The van der Waals surface area contributed by atoms with Crippen LogP contribution in [0.5, 0.6) is 0 Å². The lowest BCUT2D eigenvalue weighted by atomic mass is 10.3. The Labute approximate surface area is 101 Å². The van der Waals surface area contributed by atoms with E-state index in [2.05, 4.69) is 12.2 Å². The van der Waals surface area contributed by atoms with Crippen LogP contribution in [0.15, 0.2) is 0 Å². The van der Waals surface area contributed by atoms with E-state index < -0.39 is 0 Å². The Morgan fingerprint density at radius 3 is 2.50 bits per heavy atom. The Morgan fingerprint density at radius 1 is 1.38 bits per heavy atom. The molecule has 1 atom stereocenters. The van der Waals surface area contributed by atoms with Gasteiger partial charge < -0.3 is 10.2 Å². The van der Waals surface area contributed by atoms with Crippen molar-refractivity contribution in [3.05, 3.63) is 0 Å². The van der Waals surface area contributed by atoms with Crippen LogP contribution in [0, 0.1) is 0 Å². The zero-order valence-corrected chi connectivity index (χ0v) is 10.8. The van der Waals surface area contributed by atoms with Crippen molar-refractivity contribution < 1.29 is 9.59 Å². The molecular weight excluding hydrogens is 224 g/mol. The fraction of sp³-hybridized carbons (Fsp3) is 0.818. The molecule has 1 saturated heterocycles. The summed E-state index contributed by atoms with van der Waals surface area (Å²) in [6.45, 7) is 5.19. The molecule has 0 aromatic rings. The molecule has 2 amide bonds. The zero-order chi connectivity index (χ0) is 12.0. The van der Waals surface area contributed by atoms with Gasteiger partial charge in [-0.1, -0.05) is 6.92 Å². The number of carbonyl (C=O) groups excluding carboxylic acids is 2. The highest BCUT2D eigenvalue weighted by Crippen LogP contribution is 2.11. The Hall–Kier alpha value is -0.710. The van der Waals surface area contributed by atoms with E-state index in [1.54, 1.807) is 11.8 Å². The van der Waals surface area contributed by atoms with E-state index in [9.17, 15) is 9.59 Å². The van der Waals surface area contributed by atoms with Gasteiger partial charge in [0.15, 0.2) is 0 Å². The number of hydrogen-bond donors (Lipinski definition) is 1. The summed E-state index contributed by atoms with van der Waals surface area (Å²) in [5.41, 5.74) is 0. The first-order chi connectivity index (χ1) is 7.65. The van der Waals surface area contributed by atoms with Gasteiger partial charge in [-0.05, 0) is 18.6 Å². The minimum atomic E-state index is -0.347. The zero-order valence-electron chi connectivity index (χ0n) is 9.99. The van der Waals surface area contributed by atoms with Crippen LogP contribution in [0.4, 0.5) is 0 Å². The molecule has 0 bridgehead atoms.